The van der Waals surface area contributed by atoms with Crippen LogP contribution < -0.4 is 0 Å². The number of amides is 1. The molecule has 1 amide bonds. The highest BCUT2D eigenvalue weighted by molar-refractivity contribution is 5.94. The lowest BCUT2D eigenvalue weighted by molar-refractivity contribution is 0.0498. The van der Waals surface area contributed by atoms with E-state index < -0.39 is 0 Å². The second kappa shape index (κ2) is 4.65. The average Bonchev–Trinajstić information content (AvgIpc) is 3.18. The minimum Gasteiger partial charge on any atom is -0.334 e. The van der Waals surface area contributed by atoms with Crippen LogP contribution in [0.2, 0.25) is 0 Å². The topological polar surface area (TPSA) is 51.0 Å². The maximum atomic E-state index is 12.9. The lowest BCUT2D eigenvalue weighted by Gasteiger charge is -2.38. The molecule has 0 N–H and O–H groups in total. The van der Waals surface area contributed by atoms with E-state index in [-0.39, 0.29) is 17.8 Å². The third kappa shape index (κ3) is 2.30. The number of hydrogen-bond acceptors (Lipinski definition) is 3. The van der Waals surface area contributed by atoms with Crippen molar-refractivity contribution >= 4 is 5.91 Å². The molecule has 0 bridgehead atoms. The molecule has 1 saturated carbocycles. The molecule has 1 aromatic heterocycles. The fourth-order valence-corrected chi connectivity index (χ4v) is 2.60. The van der Waals surface area contributed by atoms with Gasteiger partial charge in [-0.3, -0.25) is 4.79 Å². The maximum absolute atomic E-state index is 12.9. The van der Waals surface area contributed by atoms with Gasteiger partial charge in [-0.05, 0) is 37.1 Å². The number of carbonyl (C=O) groups excluding carboxylic acids is 1. The van der Waals surface area contributed by atoms with E-state index in [1.807, 2.05) is 10.9 Å². The second-order valence-corrected chi connectivity index (χ2v) is 5.77. The number of hydrogen-bond donors (Lipinski definition) is 0. The molecule has 0 radical (unpaired) electrons. The second-order valence-electron chi connectivity index (χ2n) is 5.77. The predicted molar refractivity (Wildman–Crippen MR) is 73.3 cm³/mol. The summed E-state index contributed by atoms with van der Waals surface area (Å²) in [6.07, 6.45) is 4.42. The highest BCUT2D eigenvalue weighted by atomic mass is 19.1. The first-order valence-corrected chi connectivity index (χ1v) is 7.17. The number of halogens is 1. The molecule has 21 heavy (non-hydrogen) atoms. The lowest BCUT2D eigenvalue weighted by Crippen LogP contribution is -2.50. The quantitative estimate of drug-likeness (QED) is 0.867. The third-order valence-corrected chi connectivity index (χ3v) is 4.14. The van der Waals surface area contributed by atoms with E-state index in [1.54, 1.807) is 4.90 Å². The Balaban J connectivity index is 1.39. The summed E-state index contributed by atoms with van der Waals surface area (Å²) in [5, 5.41) is 8.34. The van der Waals surface area contributed by atoms with Gasteiger partial charge in [-0.2, -0.15) is 0 Å². The summed E-state index contributed by atoms with van der Waals surface area (Å²) in [6, 6.07) is 5.86. The highest BCUT2D eigenvalue weighted by Crippen LogP contribution is 2.39. The van der Waals surface area contributed by atoms with Crippen LogP contribution in [0.4, 0.5) is 4.39 Å². The van der Waals surface area contributed by atoms with Gasteiger partial charge in [0.2, 0.25) is 0 Å². The van der Waals surface area contributed by atoms with Gasteiger partial charge in [0.05, 0.1) is 11.7 Å². The number of likely N-dealkylation sites (tertiary alicyclic amines) is 1. The molecule has 2 aromatic rings. The molecule has 5 nitrogen and oxygen atoms in total. The smallest absolute Gasteiger partial charge is 0.254 e. The third-order valence-electron chi connectivity index (χ3n) is 4.14. The van der Waals surface area contributed by atoms with E-state index >= 15 is 0 Å². The van der Waals surface area contributed by atoms with Crippen LogP contribution in [0, 0.1) is 5.82 Å². The van der Waals surface area contributed by atoms with Gasteiger partial charge in [0, 0.05) is 30.8 Å². The number of aromatic nitrogens is 3. The standard InChI is InChI=1S/C15H15FN4O/c16-12-5-3-11(4-6-12)15(21)19-7-13(8-19)20-9-14(17-18-20)10-1-2-10/h3-6,9-10,13H,1-2,7-8H2. The summed E-state index contributed by atoms with van der Waals surface area (Å²) in [5.41, 5.74) is 1.59. The van der Waals surface area contributed by atoms with E-state index in [9.17, 15) is 9.18 Å². The Hall–Kier alpha value is -2.24. The average molecular weight is 286 g/mol. The summed E-state index contributed by atoms with van der Waals surface area (Å²) >= 11 is 0. The van der Waals surface area contributed by atoms with Crippen LogP contribution in [0.15, 0.2) is 30.5 Å². The molecule has 1 aromatic carbocycles. The van der Waals surface area contributed by atoms with Gasteiger partial charge in [0.15, 0.2) is 0 Å². The van der Waals surface area contributed by atoms with E-state index in [0.29, 0.717) is 24.6 Å². The van der Waals surface area contributed by atoms with Crippen LogP contribution in [-0.4, -0.2) is 38.9 Å². The zero-order valence-corrected chi connectivity index (χ0v) is 11.4. The number of rotatable bonds is 3. The van der Waals surface area contributed by atoms with Gasteiger partial charge in [-0.25, -0.2) is 9.07 Å². The van der Waals surface area contributed by atoms with Crippen LogP contribution >= 0.6 is 0 Å². The van der Waals surface area contributed by atoms with Crippen molar-refractivity contribution in [3.8, 4) is 0 Å². The molecule has 2 fully saturated rings. The van der Waals surface area contributed by atoms with Gasteiger partial charge in [0.25, 0.3) is 5.91 Å². The SMILES string of the molecule is O=C(c1ccc(F)cc1)N1CC(n2cc(C3CC3)nn2)C1. The molecule has 1 aliphatic carbocycles. The summed E-state index contributed by atoms with van der Waals surface area (Å²) in [6.45, 7) is 1.26. The maximum Gasteiger partial charge on any atom is 0.254 e. The first-order chi connectivity index (χ1) is 10.2. The lowest BCUT2D eigenvalue weighted by atomic mass is 10.1. The zero-order chi connectivity index (χ0) is 14.4. The minimum absolute atomic E-state index is 0.0613. The molecule has 0 unspecified atom stereocenters. The molecular weight excluding hydrogens is 271 g/mol. The molecule has 0 spiro atoms. The normalized spacial score (nSPS) is 18.6. The van der Waals surface area contributed by atoms with Gasteiger partial charge in [-0.15, -0.1) is 5.10 Å². The van der Waals surface area contributed by atoms with Crippen LogP contribution in [0.3, 0.4) is 0 Å². The molecule has 2 heterocycles. The molecule has 6 heteroatoms. The van der Waals surface area contributed by atoms with Gasteiger partial charge < -0.3 is 4.90 Å². The van der Waals surface area contributed by atoms with Crippen molar-refractivity contribution in [2.45, 2.75) is 24.8 Å². The molecule has 4 rings (SSSR count). The van der Waals surface area contributed by atoms with Crippen molar-refractivity contribution in [1.82, 2.24) is 19.9 Å². The Morgan fingerprint density at radius 2 is 1.90 bits per heavy atom. The van der Waals surface area contributed by atoms with E-state index in [1.165, 1.54) is 37.1 Å². The predicted octanol–water partition coefficient (Wildman–Crippen LogP) is 1.99. The van der Waals surface area contributed by atoms with Crippen LogP contribution in [-0.2, 0) is 0 Å². The Kier molecular flexibility index (Phi) is 2.77. The van der Waals surface area contributed by atoms with E-state index in [0.717, 1.165) is 5.69 Å². The highest BCUT2D eigenvalue weighted by Gasteiger charge is 2.34. The molecular formula is C15H15FN4O. The number of carbonyl (C=O) groups is 1. The molecule has 108 valence electrons. The number of benzene rings is 1. The van der Waals surface area contributed by atoms with Crippen molar-refractivity contribution in [3.63, 3.8) is 0 Å². The van der Waals surface area contributed by atoms with E-state index in [4.69, 9.17) is 0 Å². The molecule has 1 aliphatic heterocycles. The zero-order valence-electron chi connectivity index (χ0n) is 11.4. The minimum atomic E-state index is -0.330. The van der Waals surface area contributed by atoms with Crippen LogP contribution in [0.5, 0.6) is 0 Å². The molecule has 0 atom stereocenters. The van der Waals surface area contributed by atoms with Crippen molar-refractivity contribution in [2.75, 3.05) is 13.1 Å². The fraction of sp³-hybridized carbons (Fsp3) is 0.400. The molecule has 1 saturated heterocycles. The van der Waals surface area contributed by atoms with Crippen LogP contribution in [0.1, 0.15) is 40.9 Å². The largest absolute Gasteiger partial charge is 0.334 e. The van der Waals surface area contributed by atoms with Crippen LogP contribution in [0.25, 0.3) is 0 Å². The summed E-state index contributed by atoms with van der Waals surface area (Å²) in [4.78, 5) is 13.9. The Morgan fingerprint density at radius 3 is 2.57 bits per heavy atom. The van der Waals surface area contributed by atoms with Crippen molar-refractivity contribution in [3.05, 3.63) is 47.5 Å². The van der Waals surface area contributed by atoms with Crippen molar-refractivity contribution in [2.24, 2.45) is 0 Å². The Bertz CT molecular complexity index is 671. The monoisotopic (exact) mass is 286 g/mol. The van der Waals surface area contributed by atoms with Gasteiger partial charge in [-0.1, -0.05) is 5.21 Å². The van der Waals surface area contributed by atoms with Gasteiger partial charge in [0.1, 0.15) is 5.82 Å². The Labute approximate surface area is 121 Å². The van der Waals surface area contributed by atoms with E-state index in [2.05, 4.69) is 10.3 Å². The fourth-order valence-electron chi connectivity index (χ4n) is 2.60. The van der Waals surface area contributed by atoms with Crippen molar-refractivity contribution in [1.29, 1.82) is 0 Å². The van der Waals surface area contributed by atoms with Gasteiger partial charge >= 0.3 is 0 Å². The summed E-state index contributed by atoms with van der Waals surface area (Å²) < 4.78 is 14.7. The molecule has 2 aliphatic rings. The summed E-state index contributed by atoms with van der Waals surface area (Å²) in [5.74, 6) is 0.202. The first-order valence-electron chi connectivity index (χ1n) is 7.17. The Morgan fingerprint density at radius 1 is 1.19 bits per heavy atom. The first kappa shape index (κ1) is 12.5. The van der Waals surface area contributed by atoms with Crippen molar-refractivity contribution < 1.29 is 9.18 Å². The number of nitrogens with zero attached hydrogens (tertiary/aromatic N) is 4. The summed E-state index contributed by atoms with van der Waals surface area (Å²) in [7, 11) is 0.